The summed E-state index contributed by atoms with van der Waals surface area (Å²) in [7, 11) is 0. The number of benzene rings is 3. The van der Waals surface area contributed by atoms with E-state index in [0.29, 0.717) is 82.4 Å². The molecule has 3 aromatic carbocycles. The number of nitrogens with zero attached hydrogens (tertiary/aromatic N) is 5. The third-order valence-electron chi connectivity index (χ3n) is 13.9. The van der Waals surface area contributed by atoms with Crippen molar-refractivity contribution in [1.29, 1.82) is 0 Å². The Kier molecular flexibility index (Phi) is 32.0. The van der Waals surface area contributed by atoms with Gasteiger partial charge in [0.2, 0.25) is 29.5 Å². The molecule has 86 heavy (non-hydrogen) atoms. The maximum Gasteiger partial charge on any atom is 0.344 e. The lowest BCUT2D eigenvalue weighted by molar-refractivity contribution is -0.140. The van der Waals surface area contributed by atoms with Crippen LogP contribution in [0.1, 0.15) is 74.5 Å². The van der Waals surface area contributed by atoms with Gasteiger partial charge in [0, 0.05) is 110 Å². The van der Waals surface area contributed by atoms with E-state index in [2.05, 4.69) is 47.5 Å². The maximum atomic E-state index is 14.4. The van der Waals surface area contributed by atoms with Crippen molar-refractivity contribution in [2.24, 2.45) is 16.5 Å². The van der Waals surface area contributed by atoms with Gasteiger partial charge in [-0.2, -0.15) is 4.99 Å². The largest absolute Gasteiger partial charge is 0.508 e. The Morgan fingerprint density at radius 3 is 1.62 bits per heavy atom. The molecule has 0 radical (unpaired) electrons. The van der Waals surface area contributed by atoms with Crippen molar-refractivity contribution in [1.82, 2.24) is 56.8 Å². The summed E-state index contributed by atoms with van der Waals surface area (Å²) < 4.78 is 0. The fourth-order valence-electron chi connectivity index (χ4n) is 9.15. The smallest absolute Gasteiger partial charge is 0.344 e. The van der Waals surface area contributed by atoms with Crippen molar-refractivity contribution in [2.75, 3.05) is 123 Å². The summed E-state index contributed by atoms with van der Waals surface area (Å²) in [6.45, 7) is 5.11. The average Bonchev–Trinajstić information content (AvgIpc) is 2.39. The van der Waals surface area contributed by atoms with Gasteiger partial charge in [-0.15, -0.1) is 0 Å². The first-order chi connectivity index (χ1) is 41.3. The van der Waals surface area contributed by atoms with E-state index >= 15 is 0 Å². The van der Waals surface area contributed by atoms with E-state index < -0.39 is 53.8 Å². The number of amides is 7. The van der Waals surface area contributed by atoms with E-state index in [-0.39, 0.29) is 127 Å². The van der Waals surface area contributed by atoms with Crippen LogP contribution in [0.5, 0.6) is 5.75 Å². The Labute approximate surface area is 501 Å². The number of aliphatic imine (C=N–C) groups is 1. The summed E-state index contributed by atoms with van der Waals surface area (Å²) in [5.74, 6) is -5.59. The molecule has 0 spiro atoms. The van der Waals surface area contributed by atoms with E-state index in [0.717, 1.165) is 11.3 Å². The number of carboxylic acids is 3. The predicted octanol–water partition coefficient (Wildman–Crippen LogP) is -0.747. The zero-order valence-corrected chi connectivity index (χ0v) is 49.0. The highest BCUT2D eigenvalue weighted by Gasteiger charge is 2.29. The molecule has 1 unspecified atom stereocenters. The zero-order chi connectivity index (χ0) is 62.6. The number of hydrogen-bond donors (Lipinski definition) is 14. The van der Waals surface area contributed by atoms with Crippen molar-refractivity contribution in [2.45, 2.75) is 76.4 Å². The van der Waals surface area contributed by atoms with Crippen molar-refractivity contribution in [3.05, 3.63) is 95.6 Å². The number of aromatic hydroxyl groups is 1. The number of carbonyl (C=O) groups excluding carboxylic acids is 6. The highest BCUT2D eigenvalue weighted by atomic mass is 16.4. The first-order valence-corrected chi connectivity index (χ1v) is 29.0. The lowest BCUT2D eigenvalue weighted by Gasteiger charge is -2.32. The topological polar surface area (TPSA) is 408 Å². The maximum absolute atomic E-state index is 14.4. The quantitative estimate of drug-likeness (QED) is 0.0199. The SMILES string of the molecule is CCC(=O)NCCNC(=O)/N=C(/N)NCCC[C@@H](NC(=O)C(c1ccccc1)c1ccc(NCCCNC(=O)[C@H](N)CCCCNC(=O)CN2CCN(CC(=O)O)CCN(CC(=O)O)CCN(CC(=O)O)CC2)cc1)C(=O)NCc1ccc(O)cc1. The second kappa shape index (κ2) is 39.2. The van der Waals surface area contributed by atoms with Crippen molar-refractivity contribution in [3.8, 4) is 5.75 Å². The summed E-state index contributed by atoms with van der Waals surface area (Å²) in [5.41, 5.74) is 15.0. The first kappa shape index (κ1) is 70.0. The van der Waals surface area contributed by atoms with Gasteiger partial charge in [0.25, 0.3) is 0 Å². The Bertz CT molecular complexity index is 2620. The van der Waals surface area contributed by atoms with Crippen LogP contribution in [0.2, 0.25) is 0 Å². The minimum atomic E-state index is -1.04. The molecule has 1 aliphatic rings. The van der Waals surface area contributed by atoms with Crippen LogP contribution in [0.4, 0.5) is 10.5 Å². The number of rotatable bonds is 34. The van der Waals surface area contributed by atoms with Crippen LogP contribution in [0.25, 0.3) is 0 Å². The first-order valence-electron chi connectivity index (χ1n) is 29.0. The van der Waals surface area contributed by atoms with Crippen molar-refractivity contribution >= 4 is 65.1 Å². The fourth-order valence-corrected chi connectivity index (χ4v) is 9.15. The van der Waals surface area contributed by atoms with Crippen LogP contribution in [-0.4, -0.2) is 229 Å². The molecule has 3 aromatic rings. The number of carboxylic acid groups (broad SMARTS) is 3. The predicted molar refractivity (Wildman–Crippen MR) is 322 cm³/mol. The van der Waals surface area contributed by atoms with Gasteiger partial charge in [-0.1, -0.05) is 61.5 Å². The molecule has 1 fully saturated rings. The van der Waals surface area contributed by atoms with Gasteiger partial charge in [-0.3, -0.25) is 58.0 Å². The lowest BCUT2D eigenvalue weighted by atomic mass is 9.90. The number of aliphatic carboxylic acids is 3. The summed E-state index contributed by atoms with van der Waals surface area (Å²) in [5, 5.41) is 61.1. The fraction of sp³-hybridized carbons (Fsp3) is 0.517. The molecule has 0 bridgehead atoms. The van der Waals surface area contributed by atoms with Crippen LogP contribution < -0.4 is 54.0 Å². The average molecular weight is 1200 g/mol. The molecule has 7 amide bonds. The number of nitrogens with two attached hydrogens (primary N) is 2. The summed E-state index contributed by atoms with van der Waals surface area (Å²) >= 11 is 0. The second-order valence-electron chi connectivity index (χ2n) is 20.7. The van der Waals surface area contributed by atoms with Gasteiger partial charge >= 0.3 is 23.9 Å². The summed E-state index contributed by atoms with van der Waals surface area (Å²) in [4.78, 5) is 123. The molecule has 0 saturated carbocycles. The Balaban J connectivity index is 1.23. The van der Waals surface area contributed by atoms with Crippen molar-refractivity contribution < 1.29 is 63.6 Å². The second-order valence-corrected chi connectivity index (χ2v) is 20.7. The number of unbranched alkanes of at least 4 members (excludes halogenated alkanes) is 1. The monoisotopic (exact) mass is 1200 g/mol. The molecular formula is C58H87N15O13. The van der Waals surface area contributed by atoms with Crippen LogP contribution in [0.3, 0.4) is 0 Å². The van der Waals surface area contributed by atoms with E-state index in [1.165, 1.54) is 12.1 Å². The molecular weight excluding hydrogens is 1110 g/mol. The van der Waals surface area contributed by atoms with Gasteiger partial charge in [0.05, 0.1) is 38.1 Å². The lowest BCUT2D eigenvalue weighted by Crippen LogP contribution is -2.49. The Hall–Kier alpha value is -8.44. The summed E-state index contributed by atoms with van der Waals surface area (Å²) in [6, 6.07) is 20.4. The third-order valence-corrected chi connectivity index (χ3v) is 13.9. The van der Waals surface area contributed by atoms with Crippen LogP contribution in [0, 0.1) is 0 Å². The highest BCUT2D eigenvalue weighted by Crippen LogP contribution is 2.27. The standard InChI is InChI=1S/C58H87N15O13/c1-2-48(75)63-26-27-66-58(86)69-57(60)65-23-8-13-47(55(84)67-36-41-14-20-45(74)21-15-41)68-56(85)53(42-10-4-3-5-11-42)43-16-18-44(19-17-43)61-24-9-25-64-54(83)46(59)12-6-7-22-62-49(76)37-70-28-30-71(38-50(77)78)32-34-73(40-52(81)82)35-33-72(31-29-70)39-51(79)80/h3-5,10-11,14-21,46-47,53,61,74H,2,6-9,12-13,22-40,59H2,1H3,(H,62,76)(H,63,75)(H,64,83)(H,67,84)(H,68,85)(H,77,78)(H,79,80)(H,81,82)(H4,60,65,66,69,86)/t46-,47-,53?/m1/s1. The zero-order valence-electron chi connectivity index (χ0n) is 49.0. The highest BCUT2D eigenvalue weighted by molar-refractivity contribution is 5.93. The van der Waals surface area contributed by atoms with Crippen LogP contribution in [0.15, 0.2) is 83.9 Å². The van der Waals surface area contributed by atoms with Gasteiger partial charge in [0.15, 0.2) is 5.96 Å². The molecule has 16 N–H and O–H groups in total. The number of carbonyl (C=O) groups is 9. The van der Waals surface area contributed by atoms with E-state index in [4.69, 9.17) is 11.5 Å². The van der Waals surface area contributed by atoms with Crippen molar-refractivity contribution in [3.63, 3.8) is 0 Å². The molecule has 1 heterocycles. The van der Waals surface area contributed by atoms with E-state index in [1.54, 1.807) is 33.8 Å². The molecule has 1 aliphatic heterocycles. The number of hydrogen-bond acceptors (Lipinski definition) is 16. The Morgan fingerprint density at radius 1 is 0.523 bits per heavy atom. The molecule has 472 valence electrons. The molecule has 0 aromatic heterocycles. The molecule has 28 heteroatoms. The molecule has 1 saturated heterocycles. The summed E-state index contributed by atoms with van der Waals surface area (Å²) in [6.07, 6.45) is 2.91. The number of anilines is 1. The molecule has 0 aliphatic carbocycles. The molecule has 4 rings (SSSR count). The third kappa shape index (κ3) is 28.9. The number of nitrogens with one attached hydrogen (secondary N) is 8. The molecule has 28 nitrogen and oxygen atoms in total. The van der Waals surface area contributed by atoms with E-state index in [9.17, 15) is 63.6 Å². The van der Waals surface area contributed by atoms with Gasteiger partial charge < -0.3 is 74.4 Å². The number of guanidine groups is 1. The number of phenolic OH excluding ortho intramolecular Hbond substituents is 1. The van der Waals surface area contributed by atoms with Gasteiger partial charge in [-0.05, 0) is 79.5 Å². The molecule has 3 atom stereocenters. The van der Waals surface area contributed by atoms with Gasteiger partial charge in [-0.25, -0.2) is 4.79 Å². The van der Waals surface area contributed by atoms with Gasteiger partial charge in [0.1, 0.15) is 11.8 Å². The normalized spacial score (nSPS) is 15.0. The number of urea groups is 1. The van der Waals surface area contributed by atoms with Crippen LogP contribution >= 0.6 is 0 Å². The minimum Gasteiger partial charge on any atom is -0.508 e. The Morgan fingerprint density at radius 2 is 1.05 bits per heavy atom. The minimum absolute atomic E-state index is 0.00926. The van der Waals surface area contributed by atoms with Crippen LogP contribution in [-0.2, 0) is 44.9 Å². The van der Waals surface area contributed by atoms with E-state index in [1.807, 2.05) is 59.5 Å². The number of phenols is 1.